The molecule has 1 atom stereocenters. The molecule has 0 saturated heterocycles. The summed E-state index contributed by atoms with van der Waals surface area (Å²) < 4.78 is 2.16. The normalized spacial score (nSPS) is 21.3. The van der Waals surface area contributed by atoms with E-state index in [-0.39, 0.29) is 6.61 Å². The van der Waals surface area contributed by atoms with Crippen molar-refractivity contribution in [1.82, 2.24) is 14.8 Å². The van der Waals surface area contributed by atoms with Crippen molar-refractivity contribution in [3.05, 3.63) is 41.2 Å². The Morgan fingerprint density at radius 3 is 2.71 bits per heavy atom. The number of rotatable bonds is 4. The Kier molecular flexibility index (Phi) is 3.47. The molecule has 0 amide bonds. The van der Waals surface area contributed by atoms with Crippen molar-refractivity contribution in [2.45, 2.75) is 55.2 Å². The van der Waals surface area contributed by atoms with Gasteiger partial charge in [0.05, 0.1) is 0 Å². The van der Waals surface area contributed by atoms with Crippen LogP contribution >= 0.6 is 11.8 Å². The maximum absolute atomic E-state index is 9.41. The van der Waals surface area contributed by atoms with Crippen molar-refractivity contribution in [2.24, 2.45) is 0 Å². The number of fused-ring (bicyclic) bond motifs is 1. The maximum Gasteiger partial charge on any atom is 0.191 e. The molecule has 2 aliphatic carbocycles. The summed E-state index contributed by atoms with van der Waals surface area (Å²) in [6, 6.07) is 9.26. The molecule has 1 heterocycles. The third kappa shape index (κ3) is 2.60. The zero-order chi connectivity index (χ0) is 14.2. The second kappa shape index (κ2) is 5.46. The van der Waals surface area contributed by atoms with Gasteiger partial charge < -0.3 is 9.67 Å². The van der Waals surface area contributed by atoms with Gasteiger partial charge in [0.25, 0.3) is 0 Å². The fourth-order valence-electron chi connectivity index (χ4n) is 3.11. The van der Waals surface area contributed by atoms with Gasteiger partial charge in [0.1, 0.15) is 6.61 Å². The lowest BCUT2D eigenvalue weighted by Gasteiger charge is -2.23. The summed E-state index contributed by atoms with van der Waals surface area (Å²) in [6.45, 7) is -0.0163. The van der Waals surface area contributed by atoms with E-state index in [2.05, 4.69) is 39.0 Å². The number of thioether (sulfide) groups is 1. The molecule has 0 aliphatic heterocycles. The number of aromatic nitrogens is 3. The van der Waals surface area contributed by atoms with Gasteiger partial charge in [0.15, 0.2) is 11.0 Å². The molecule has 0 unspecified atom stereocenters. The molecule has 21 heavy (non-hydrogen) atoms. The molecule has 1 aromatic carbocycles. The first-order chi connectivity index (χ1) is 10.3. The Labute approximate surface area is 128 Å². The monoisotopic (exact) mass is 301 g/mol. The molecular weight excluding hydrogens is 282 g/mol. The maximum atomic E-state index is 9.41. The second-order valence-corrected chi connectivity index (χ2v) is 7.18. The van der Waals surface area contributed by atoms with Gasteiger partial charge in [-0.2, -0.15) is 0 Å². The first-order valence-corrected chi connectivity index (χ1v) is 8.51. The van der Waals surface area contributed by atoms with E-state index in [0.717, 1.165) is 23.8 Å². The zero-order valence-electron chi connectivity index (χ0n) is 11.9. The smallest absolute Gasteiger partial charge is 0.191 e. The van der Waals surface area contributed by atoms with Crippen molar-refractivity contribution in [3.8, 4) is 0 Å². The number of hydrogen-bond acceptors (Lipinski definition) is 4. The van der Waals surface area contributed by atoms with Gasteiger partial charge in [-0.15, -0.1) is 10.2 Å². The Bertz CT molecular complexity index is 651. The molecule has 2 aliphatic rings. The molecular formula is C16H19N3OS. The van der Waals surface area contributed by atoms with Crippen molar-refractivity contribution >= 4 is 11.8 Å². The summed E-state index contributed by atoms with van der Waals surface area (Å²) in [5.41, 5.74) is 2.97. The Morgan fingerprint density at radius 2 is 1.95 bits per heavy atom. The van der Waals surface area contributed by atoms with Crippen LogP contribution in [0.4, 0.5) is 0 Å². The van der Waals surface area contributed by atoms with E-state index >= 15 is 0 Å². The molecule has 4 nitrogen and oxygen atoms in total. The van der Waals surface area contributed by atoms with Crippen molar-refractivity contribution in [2.75, 3.05) is 0 Å². The van der Waals surface area contributed by atoms with Crippen LogP contribution < -0.4 is 0 Å². The van der Waals surface area contributed by atoms with E-state index in [1.807, 2.05) is 11.8 Å². The van der Waals surface area contributed by atoms with Crippen LogP contribution in [0.5, 0.6) is 0 Å². The van der Waals surface area contributed by atoms with Gasteiger partial charge >= 0.3 is 0 Å². The van der Waals surface area contributed by atoms with E-state index in [9.17, 15) is 5.11 Å². The largest absolute Gasteiger partial charge is 0.388 e. The second-order valence-electron chi connectivity index (χ2n) is 5.91. The van der Waals surface area contributed by atoms with Crippen LogP contribution in [0.15, 0.2) is 29.4 Å². The van der Waals surface area contributed by atoms with Gasteiger partial charge in [-0.05, 0) is 43.2 Å². The predicted molar refractivity (Wildman–Crippen MR) is 82.3 cm³/mol. The number of aryl methyl sites for hydroxylation is 1. The first-order valence-electron chi connectivity index (χ1n) is 7.63. The number of benzene rings is 1. The molecule has 0 radical (unpaired) electrons. The first kappa shape index (κ1) is 13.3. The minimum atomic E-state index is -0.0163. The summed E-state index contributed by atoms with van der Waals surface area (Å²) in [4.78, 5) is 0. The molecule has 110 valence electrons. The van der Waals surface area contributed by atoms with E-state index in [0.29, 0.717) is 11.3 Å². The molecule has 1 aromatic heterocycles. The van der Waals surface area contributed by atoms with Crippen LogP contribution in [0.3, 0.4) is 0 Å². The molecule has 0 bridgehead atoms. The van der Waals surface area contributed by atoms with Crippen LogP contribution in [0.25, 0.3) is 0 Å². The minimum absolute atomic E-state index is 0.0163. The number of nitrogens with zero attached hydrogens (tertiary/aromatic N) is 3. The lowest BCUT2D eigenvalue weighted by Crippen LogP contribution is -2.17. The highest BCUT2D eigenvalue weighted by molar-refractivity contribution is 7.99. The molecule has 0 spiro atoms. The third-order valence-corrected chi connectivity index (χ3v) is 5.59. The molecule has 5 heteroatoms. The highest BCUT2D eigenvalue weighted by atomic mass is 32.2. The van der Waals surface area contributed by atoms with Crippen molar-refractivity contribution in [3.63, 3.8) is 0 Å². The highest BCUT2D eigenvalue weighted by Crippen LogP contribution is 2.41. The predicted octanol–water partition coefficient (Wildman–Crippen LogP) is 2.75. The zero-order valence-corrected chi connectivity index (χ0v) is 12.7. The third-order valence-electron chi connectivity index (χ3n) is 4.36. The Hall–Kier alpha value is -1.33. The quantitative estimate of drug-likeness (QED) is 0.943. The topological polar surface area (TPSA) is 50.9 Å². The van der Waals surface area contributed by atoms with E-state index in [4.69, 9.17) is 0 Å². The molecule has 1 saturated carbocycles. The van der Waals surface area contributed by atoms with Crippen LogP contribution in [-0.4, -0.2) is 25.1 Å². The summed E-state index contributed by atoms with van der Waals surface area (Å²) >= 11 is 1.84. The van der Waals surface area contributed by atoms with Crippen LogP contribution in [0, 0.1) is 0 Å². The minimum Gasteiger partial charge on any atom is -0.388 e. The van der Waals surface area contributed by atoms with Gasteiger partial charge in [-0.3, -0.25) is 0 Å². The van der Waals surface area contributed by atoms with E-state index in [1.54, 1.807) is 0 Å². The lowest BCUT2D eigenvalue weighted by molar-refractivity contribution is 0.263. The fourth-order valence-corrected chi connectivity index (χ4v) is 4.36. The molecule has 1 fully saturated rings. The summed E-state index contributed by atoms with van der Waals surface area (Å²) in [6.07, 6.45) is 5.82. The highest BCUT2D eigenvalue weighted by Gasteiger charge is 2.31. The summed E-state index contributed by atoms with van der Waals surface area (Å²) in [7, 11) is 0. The molecule has 1 N–H and O–H groups in total. The van der Waals surface area contributed by atoms with Crippen LogP contribution in [0.2, 0.25) is 0 Å². The Balaban J connectivity index is 1.54. The Morgan fingerprint density at radius 1 is 1.14 bits per heavy atom. The fraction of sp³-hybridized carbons (Fsp3) is 0.500. The van der Waals surface area contributed by atoms with Gasteiger partial charge in [-0.1, -0.05) is 36.0 Å². The number of hydrogen-bond donors (Lipinski definition) is 1. The van der Waals surface area contributed by atoms with Crippen molar-refractivity contribution < 1.29 is 5.11 Å². The number of aliphatic hydroxyl groups excluding tert-OH is 1. The molecule has 2 aromatic rings. The van der Waals surface area contributed by atoms with Gasteiger partial charge in [-0.25, -0.2) is 0 Å². The lowest BCUT2D eigenvalue weighted by atomic mass is 9.92. The van der Waals surface area contributed by atoms with E-state index < -0.39 is 0 Å². The van der Waals surface area contributed by atoms with Crippen LogP contribution in [0.1, 0.15) is 42.3 Å². The van der Waals surface area contributed by atoms with Crippen molar-refractivity contribution in [1.29, 1.82) is 0 Å². The standard InChI is InChI=1S/C16H19N3OS/c20-10-15-17-18-16(19(15)13-6-7-13)21-14-8-5-11-3-1-2-4-12(11)9-14/h1-4,13-14,20H,5-10H2/t14-/m0/s1. The van der Waals surface area contributed by atoms with Gasteiger partial charge in [0.2, 0.25) is 0 Å². The van der Waals surface area contributed by atoms with Crippen LogP contribution in [-0.2, 0) is 19.4 Å². The number of aliphatic hydroxyl groups is 1. The SMILES string of the molecule is OCc1nnc(S[C@H]2CCc3ccccc3C2)n1C1CC1. The molecule has 4 rings (SSSR count). The summed E-state index contributed by atoms with van der Waals surface area (Å²) in [5.74, 6) is 0.719. The van der Waals surface area contributed by atoms with E-state index in [1.165, 1.54) is 30.4 Å². The average Bonchev–Trinajstić information content (AvgIpc) is 3.28. The van der Waals surface area contributed by atoms with Gasteiger partial charge in [0, 0.05) is 11.3 Å². The summed E-state index contributed by atoms with van der Waals surface area (Å²) in [5, 5.41) is 19.4. The average molecular weight is 301 g/mol.